The van der Waals surface area contributed by atoms with Crippen molar-refractivity contribution < 1.29 is 14.1 Å². The molecule has 2 heterocycles. The monoisotopic (exact) mass is 353 g/mol. The number of para-hydroxylation sites is 2. The van der Waals surface area contributed by atoms with Gasteiger partial charge in [0.15, 0.2) is 5.82 Å². The molecule has 0 aliphatic heterocycles. The first kappa shape index (κ1) is 17.4. The molecule has 0 radical (unpaired) electrons. The van der Waals surface area contributed by atoms with E-state index in [1.165, 1.54) is 12.4 Å². The Kier molecular flexibility index (Phi) is 5.12. The summed E-state index contributed by atoms with van der Waals surface area (Å²) < 4.78 is 10.7. The fourth-order valence-corrected chi connectivity index (χ4v) is 2.17. The number of ether oxygens (including phenoxy) is 1. The fraction of sp³-hybridized carbons (Fsp3) is 0.222. The second kappa shape index (κ2) is 7.64. The number of anilines is 3. The molecule has 1 amide bonds. The molecule has 0 saturated carbocycles. The number of aryl methyl sites for hydroxylation is 1. The molecule has 3 rings (SSSR count). The van der Waals surface area contributed by atoms with Crippen LogP contribution in [-0.4, -0.2) is 27.1 Å². The van der Waals surface area contributed by atoms with Crippen LogP contribution in [0.25, 0.3) is 0 Å². The summed E-state index contributed by atoms with van der Waals surface area (Å²) in [6, 6.07) is 9.14. The molecule has 0 atom stereocenters. The van der Waals surface area contributed by atoms with Crippen molar-refractivity contribution in [3.8, 4) is 5.75 Å². The predicted molar refractivity (Wildman–Crippen MR) is 96.7 cm³/mol. The van der Waals surface area contributed by atoms with Gasteiger partial charge in [-0.15, -0.1) is 0 Å². The number of benzene rings is 1. The lowest BCUT2D eigenvalue weighted by molar-refractivity contribution is 0.102. The molecule has 2 N–H and O–H groups in total. The van der Waals surface area contributed by atoms with Gasteiger partial charge >= 0.3 is 0 Å². The number of rotatable bonds is 6. The van der Waals surface area contributed by atoms with Gasteiger partial charge in [0.2, 0.25) is 5.95 Å². The third-order valence-electron chi connectivity index (χ3n) is 3.28. The van der Waals surface area contributed by atoms with Crippen LogP contribution < -0.4 is 15.4 Å². The largest absolute Gasteiger partial charge is 0.489 e. The summed E-state index contributed by atoms with van der Waals surface area (Å²) in [6.07, 6.45) is 2.91. The summed E-state index contributed by atoms with van der Waals surface area (Å²) in [6.45, 7) is 5.65. The van der Waals surface area contributed by atoms with Crippen LogP contribution >= 0.6 is 0 Å². The summed E-state index contributed by atoms with van der Waals surface area (Å²) >= 11 is 0. The molecule has 0 aliphatic carbocycles. The van der Waals surface area contributed by atoms with Crippen molar-refractivity contribution in [2.75, 3.05) is 10.6 Å². The van der Waals surface area contributed by atoms with E-state index in [1.807, 2.05) is 38.1 Å². The SMILES string of the molecule is Cc1cc(NC(=O)c2cnc(Nc3ccccc3OC(C)C)nc2)no1. The number of nitrogens with one attached hydrogen (secondary N) is 2. The molecule has 8 nitrogen and oxygen atoms in total. The van der Waals surface area contributed by atoms with Gasteiger partial charge in [-0.3, -0.25) is 4.79 Å². The maximum Gasteiger partial charge on any atom is 0.260 e. The van der Waals surface area contributed by atoms with Crippen molar-refractivity contribution in [1.29, 1.82) is 0 Å². The second-order valence-electron chi connectivity index (χ2n) is 5.86. The number of hydrogen-bond donors (Lipinski definition) is 2. The van der Waals surface area contributed by atoms with Crippen LogP contribution in [0.15, 0.2) is 47.2 Å². The van der Waals surface area contributed by atoms with Crippen LogP contribution in [0.5, 0.6) is 5.75 Å². The first-order valence-electron chi connectivity index (χ1n) is 8.10. The molecule has 1 aromatic carbocycles. The van der Waals surface area contributed by atoms with Gasteiger partial charge in [-0.25, -0.2) is 9.97 Å². The Morgan fingerprint density at radius 1 is 1.19 bits per heavy atom. The molecule has 134 valence electrons. The zero-order valence-corrected chi connectivity index (χ0v) is 14.7. The van der Waals surface area contributed by atoms with E-state index in [-0.39, 0.29) is 12.0 Å². The van der Waals surface area contributed by atoms with Crippen molar-refractivity contribution in [3.63, 3.8) is 0 Å². The first-order chi connectivity index (χ1) is 12.5. The van der Waals surface area contributed by atoms with Gasteiger partial charge in [-0.1, -0.05) is 17.3 Å². The standard InChI is InChI=1S/C18H19N5O3/c1-11(2)25-15-7-5-4-6-14(15)21-18-19-9-13(10-20-18)17(24)22-16-8-12(3)26-23-16/h4-11H,1-3H3,(H,19,20,21)(H,22,23,24). The Balaban J connectivity index is 1.69. The number of carbonyl (C=O) groups excluding carboxylic acids is 1. The third-order valence-corrected chi connectivity index (χ3v) is 3.28. The normalized spacial score (nSPS) is 10.6. The highest BCUT2D eigenvalue weighted by molar-refractivity contribution is 6.03. The molecule has 0 fully saturated rings. The van der Waals surface area contributed by atoms with Crippen molar-refractivity contribution in [3.05, 3.63) is 54.0 Å². The van der Waals surface area contributed by atoms with E-state index in [0.717, 1.165) is 5.69 Å². The lowest BCUT2D eigenvalue weighted by Crippen LogP contribution is -2.13. The molecule has 0 unspecified atom stereocenters. The maximum absolute atomic E-state index is 12.2. The van der Waals surface area contributed by atoms with Gasteiger partial charge in [0.1, 0.15) is 11.5 Å². The Bertz CT molecular complexity index is 890. The summed E-state index contributed by atoms with van der Waals surface area (Å²) in [5.41, 5.74) is 1.05. The van der Waals surface area contributed by atoms with E-state index in [9.17, 15) is 4.79 Å². The molecule has 26 heavy (non-hydrogen) atoms. The lowest BCUT2D eigenvalue weighted by atomic mass is 10.3. The molecule has 8 heteroatoms. The number of nitrogens with zero attached hydrogens (tertiary/aromatic N) is 3. The van der Waals surface area contributed by atoms with E-state index in [0.29, 0.717) is 28.8 Å². The molecule has 0 bridgehead atoms. The number of aromatic nitrogens is 3. The van der Waals surface area contributed by atoms with Crippen LogP contribution in [0.3, 0.4) is 0 Å². The summed E-state index contributed by atoms with van der Waals surface area (Å²) in [5.74, 6) is 1.65. The molecular formula is C18H19N5O3. The van der Waals surface area contributed by atoms with Crippen molar-refractivity contribution >= 4 is 23.4 Å². The van der Waals surface area contributed by atoms with Gasteiger partial charge in [0.25, 0.3) is 5.91 Å². The quantitative estimate of drug-likeness (QED) is 0.698. The van der Waals surface area contributed by atoms with Crippen LogP contribution in [0.4, 0.5) is 17.5 Å². The first-order valence-corrected chi connectivity index (χ1v) is 8.10. The minimum Gasteiger partial charge on any atom is -0.489 e. The summed E-state index contributed by atoms with van der Waals surface area (Å²) in [4.78, 5) is 20.5. The zero-order valence-electron chi connectivity index (χ0n) is 14.7. The Labute approximate surface area is 150 Å². The van der Waals surface area contributed by atoms with E-state index in [1.54, 1.807) is 13.0 Å². The average molecular weight is 353 g/mol. The van der Waals surface area contributed by atoms with Crippen molar-refractivity contribution in [2.24, 2.45) is 0 Å². The highest BCUT2D eigenvalue weighted by atomic mass is 16.5. The van der Waals surface area contributed by atoms with E-state index < -0.39 is 0 Å². The predicted octanol–water partition coefficient (Wildman–Crippen LogP) is 3.56. The van der Waals surface area contributed by atoms with Gasteiger partial charge in [-0.05, 0) is 32.9 Å². The second-order valence-corrected chi connectivity index (χ2v) is 5.86. The van der Waals surface area contributed by atoms with Gasteiger partial charge in [0.05, 0.1) is 17.4 Å². The third kappa shape index (κ3) is 4.35. The van der Waals surface area contributed by atoms with Crippen molar-refractivity contribution in [1.82, 2.24) is 15.1 Å². The average Bonchev–Trinajstić information content (AvgIpc) is 3.01. The lowest BCUT2D eigenvalue weighted by Gasteiger charge is -2.14. The summed E-state index contributed by atoms with van der Waals surface area (Å²) in [5, 5.41) is 9.42. The van der Waals surface area contributed by atoms with Crippen LogP contribution in [-0.2, 0) is 0 Å². The fourth-order valence-electron chi connectivity index (χ4n) is 2.17. The Hall–Kier alpha value is -3.42. The summed E-state index contributed by atoms with van der Waals surface area (Å²) in [7, 11) is 0. The smallest absolute Gasteiger partial charge is 0.260 e. The maximum atomic E-state index is 12.2. The Morgan fingerprint density at radius 3 is 2.58 bits per heavy atom. The zero-order chi connectivity index (χ0) is 18.5. The molecule has 3 aromatic rings. The molecule has 0 saturated heterocycles. The molecular weight excluding hydrogens is 334 g/mol. The van der Waals surface area contributed by atoms with Crippen molar-refractivity contribution in [2.45, 2.75) is 26.9 Å². The van der Waals surface area contributed by atoms with E-state index in [4.69, 9.17) is 9.26 Å². The topological polar surface area (TPSA) is 102 Å². The van der Waals surface area contributed by atoms with E-state index in [2.05, 4.69) is 25.8 Å². The van der Waals surface area contributed by atoms with Crippen LogP contribution in [0, 0.1) is 6.92 Å². The van der Waals surface area contributed by atoms with Gasteiger partial charge < -0.3 is 19.9 Å². The van der Waals surface area contributed by atoms with Gasteiger partial charge in [0, 0.05) is 18.5 Å². The van der Waals surface area contributed by atoms with Crippen LogP contribution in [0.1, 0.15) is 30.0 Å². The van der Waals surface area contributed by atoms with Gasteiger partial charge in [-0.2, -0.15) is 0 Å². The number of hydrogen-bond acceptors (Lipinski definition) is 7. The van der Waals surface area contributed by atoms with E-state index >= 15 is 0 Å². The highest BCUT2D eigenvalue weighted by Gasteiger charge is 2.11. The minimum absolute atomic E-state index is 0.0464. The minimum atomic E-state index is -0.367. The highest BCUT2D eigenvalue weighted by Crippen LogP contribution is 2.26. The number of carbonyl (C=O) groups is 1. The Morgan fingerprint density at radius 2 is 1.92 bits per heavy atom. The molecule has 0 spiro atoms. The number of amides is 1. The molecule has 0 aliphatic rings. The molecule has 2 aromatic heterocycles. The van der Waals surface area contributed by atoms with Crippen LogP contribution in [0.2, 0.25) is 0 Å².